The van der Waals surface area contributed by atoms with Gasteiger partial charge in [0.15, 0.2) is 5.75 Å². The highest BCUT2D eigenvalue weighted by Gasteiger charge is 2.45. The van der Waals surface area contributed by atoms with Crippen LogP contribution in [-0.4, -0.2) is 141 Å². The molecule has 0 radical (unpaired) electrons. The Balaban J connectivity index is 0.880. The monoisotopic (exact) mass is 1140 g/mol. The van der Waals surface area contributed by atoms with Gasteiger partial charge in [0.2, 0.25) is 33.7 Å². The molecule has 0 saturated carbocycles. The van der Waals surface area contributed by atoms with E-state index in [1.54, 1.807) is 23.5 Å². The molecule has 1 fully saturated rings. The summed E-state index contributed by atoms with van der Waals surface area (Å²) in [5, 5.41) is 27.2. The lowest BCUT2D eigenvalue weighted by Gasteiger charge is -2.35. The van der Waals surface area contributed by atoms with Gasteiger partial charge in [0.1, 0.15) is 37.1 Å². The molecule has 4 N–H and O–H groups in total. The number of unbranched alkanes of at least 4 members (excludes halogenated alkanes) is 2. The molecular weight excluding hydrogens is 1070 g/mol. The number of carbonyl (C=O) groups excluding carboxylic acids is 3. The summed E-state index contributed by atoms with van der Waals surface area (Å²) >= 11 is 8.31. The van der Waals surface area contributed by atoms with E-state index >= 15 is 0 Å². The molecule has 1 aliphatic heterocycles. The highest BCUT2D eigenvalue weighted by atomic mass is 35.5. The van der Waals surface area contributed by atoms with Crippen LogP contribution in [0.25, 0.3) is 10.4 Å². The number of nitriles is 1. The number of ether oxygens (including phenoxy) is 4. The SMILES string of the molecule is Cc1ncsc1-c1ccc([C@H](CN(C)C)NC(=O)[C@@H]2C[C@@H](O)CN2C(=O)[C@@H](NC(=O)COCCCOCCCCCOc2c(Cl)cc(C(C)(C)c3ccc(OCc4ccnc(NS(C)(=O)=O)n4)cc3)cc2C#N)C(C)(C)C)cc1. The molecule has 0 unspecified atom stereocenters. The van der Waals surface area contributed by atoms with Crippen LogP contribution in [0, 0.1) is 23.7 Å². The van der Waals surface area contributed by atoms with Crippen LogP contribution in [0.4, 0.5) is 5.95 Å². The van der Waals surface area contributed by atoms with Crippen LogP contribution in [0.15, 0.2) is 78.4 Å². The zero-order chi connectivity index (χ0) is 57.5. The Hall–Kier alpha value is -6.25. The fraction of sp³-hybridized carbons (Fsp3) is 0.491. The van der Waals surface area contributed by atoms with Crippen molar-refractivity contribution >= 4 is 56.6 Å². The van der Waals surface area contributed by atoms with E-state index in [9.17, 15) is 33.2 Å². The summed E-state index contributed by atoms with van der Waals surface area (Å²) < 4.78 is 48.7. The molecule has 3 amide bonds. The van der Waals surface area contributed by atoms with Crippen molar-refractivity contribution in [2.75, 3.05) is 71.2 Å². The van der Waals surface area contributed by atoms with Crippen molar-refractivity contribution in [2.24, 2.45) is 5.41 Å². The van der Waals surface area contributed by atoms with E-state index in [1.165, 1.54) is 11.1 Å². The summed E-state index contributed by atoms with van der Waals surface area (Å²) in [6.07, 6.45) is 4.50. The van der Waals surface area contributed by atoms with Crippen molar-refractivity contribution in [3.8, 4) is 28.0 Å². The number of β-amino-alcohol motifs (C(OH)–C–C–N with tert-alkyl or cyclic N) is 1. The highest BCUT2D eigenvalue weighted by molar-refractivity contribution is 7.92. The normalized spacial score (nSPS) is 15.6. The number of nitrogens with zero attached hydrogens (tertiary/aromatic N) is 6. The third-order valence-electron chi connectivity index (χ3n) is 13.3. The summed E-state index contributed by atoms with van der Waals surface area (Å²) in [6, 6.07) is 20.7. The molecule has 6 rings (SSSR count). The van der Waals surface area contributed by atoms with Gasteiger partial charge in [-0.3, -0.25) is 19.1 Å². The minimum atomic E-state index is -3.52. The van der Waals surface area contributed by atoms with Gasteiger partial charge in [-0.05, 0) is 105 Å². The van der Waals surface area contributed by atoms with Crippen LogP contribution in [0.3, 0.4) is 0 Å². The maximum absolute atomic E-state index is 14.2. The predicted octanol–water partition coefficient (Wildman–Crippen LogP) is 7.59. The minimum Gasteiger partial charge on any atom is -0.491 e. The van der Waals surface area contributed by atoms with Crippen molar-refractivity contribution in [1.82, 2.24) is 35.4 Å². The Morgan fingerprint density at radius 2 is 1.61 bits per heavy atom. The first-order chi connectivity index (χ1) is 37.4. The number of benzene rings is 3. The maximum atomic E-state index is 14.2. The van der Waals surface area contributed by atoms with Gasteiger partial charge >= 0.3 is 0 Å². The van der Waals surface area contributed by atoms with E-state index in [4.69, 9.17) is 30.5 Å². The molecule has 22 heteroatoms. The Morgan fingerprint density at radius 1 is 0.911 bits per heavy atom. The number of aryl methyl sites for hydroxylation is 1. The molecule has 0 aliphatic carbocycles. The van der Waals surface area contributed by atoms with Gasteiger partial charge in [-0.1, -0.05) is 82.6 Å². The summed E-state index contributed by atoms with van der Waals surface area (Å²) in [5.74, 6) is -0.419. The van der Waals surface area contributed by atoms with Crippen LogP contribution in [0.5, 0.6) is 11.5 Å². The highest BCUT2D eigenvalue weighted by Crippen LogP contribution is 2.39. The lowest BCUT2D eigenvalue weighted by molar-refractivity contribution is -0.144. The van der Waals surface area contributed by atoms with Gasteiger partial charge in [-0.15, -0.1) is 11.3 Å². The Kier molecular flexibility index (Phi) is 22.2. The van der Waals surface area contributed by atoms with E-state index in [1.807, 2.05) is 121 Å². The fourth-order valence-electron chi connectivity index (χ4n) is 8.99. The second kappa shape index (κ2) is 28.3. The third-order valence-corrected chi connectivity index (χ3v) is 15.1. The second-order valence-corrected chi connectivity index (χ2v) is 24.5. The van der Waals surface area contributed by atoms with Crippen molar-refractivity contribution in [2.45, 2.75) is 110 Å². The topological polar surface area (TPSA) is 248 Å². The van der Waals surface area contributed by atoms with Crippen LogP contribution < -0.4 is 24.8 Å². The number of aromatic nitrogens is 3. The van der Waals surface area contributed by atoms with E-state index in [0.717, 1.165) is 51.9 Å². The van der Waals surface area contributed by atoms with E-state index in [-0.39, 0.29) is 44.6 Å². The molecule has 5 aromatic rings. The molecule has 0 bridgehead atoms. The number of aliphatic hydroxyl groups excluding tert-OH is 1. The van der Waals surface area contributed by atoms with E-state index in [2.05, 4.69) is 36.4 Å². The number of hydrogen-bond donors (Lipinski definition) is 4. The first-order valence-electron chi connectivity index (χ1n) is 26.2. The Morgan fingerprint density at radius 3 is 2.27 bits per heavy atom. The number of halogens is 1. The summed E-state index contributed by atoms with van der Waals surface area (Å²) in [5.41, 5.74) is 6.06. The number of amides is 3. The summed E-state index contributed by atoms with van der Waals surface area (Å²) in [4.78, 5) is 58.4. The second-order valence-electron chi connectivity index (χ2n) is 21.5. The first-order valence-corrected chi connectivity index (χ1v) is 29.4. The standard InChI is InChI=1S/C57H74ClN9O10S2/c1-37-51(78-36-61-37)39-16-14-38(15-17-39)47(33-66(7)8)63-53(70)48-30-44(68)32-67(48)54(71)52(56(2,3)4)64-49(69)35-75-26-13-25-74-24-11-10-12-27-76-50-40(31-59)28-42(29-46(50)58)57(5,6)41-18-20-45(21-19-41)77-34-43-22-23-60-55(62-43)65-79(9,72)73/h14-23,28-29,36,44,47-48,52,68H,10-13,24-27,30,32-35H2,1-9H3,(H,63,70)(H,64,69)(H,60,62,65)/t44-,47+,48+,52-/m1/s1. The zero-order valence-electron chi connectivity index (χ0n) is 46.5. The molecule has 3 aromatic carbocycles. The lowest BCUT2D eigenvalue weighted by Crippen LogP contribution is -2.58. The van der Waals surface area contributed by atoms with Crippen LogP contribution in [-0.2, 0) is 45.9 Å². The number of aliphatic hydroxyl groups is 1. The molecule has 3 heterocycles. The van der Waals surface area contributed by atoms with Crippen molar-refractivity contribution in [1.29, 1.82) is 5.26 Å². The van der Waals surface area contributed by atoms with Crippen LogP contribution in [0.2, 0.25) is 5.02 Å². The van der Waals surface area contributed by atoms with Crippen molar-refractivity contribution in [3.05, 3.63) is 117 Å². The predicted molar refractivity (Wildman–Crippen MR) is 304 cm³/mol. The van der Waals surface area contributed by atoms with E-state index < -0.39 is 56.9 Å². The maximum Gasteiger partial charge on any atom is 0.246 e. The first kappa shape index (κ1) is 62.0. The molecule has 4 atom stereocenters. The lowest BCUT2D eigenvalue weighted by atomic mass is 9.77. The number of sulfonamides is 1. The number of anilines is 1. The van der Waals surface area contributed by atoms with Crippen LogP contribution in [0.1, 0.15) is 106 Å². The molecule has 1 aliphatic rings. The molecule has 0 spiro atoms. The zero-order valence-corrected chi connectivity index (χ0v) is 48.9. The third kappa shape index (κ3) is 18.1. The average Bonchev–Trinajstić information content (AvgIpc) is 4.08. The van der Waals surface area contributed by atoms with Crippen LogP contribution >= 0.6 is 22.9 Å². The fourth-order valence-corrected chi connectivity index (χ4v) is 10.5. The number of nitrogens with one attached hydrogen (secondary N) is 3. The number of rotatable bonds is 28. The number of likely N-dealkylation sites (tertiary alicyclic amines) is 1. The van der Waals surface area contributed by atoms with E-state index in [0.29, 0.717) is 67.0 Å². The van der Waals surface area contributed by atoms with Crippen molar-refractivity contribution < 1.29 is 46.9 Å². The van der Waals surface area contributed by atoms with Gasteiger partial charge in [-0.25, -0.2) is 23.4 Å². The smallest absolute Gasteiger partial charge is 0.246 e. The summed E-state index contributed by atoms with van der Waals surface area (Å²) in [6.45, 7) is 13.4. The van der Waals surface area contributed by atoms with Gasteiger partial charge in [-0.2, -0.15) is 5.26 Å². The Labute approximate surface area is 473 Å². The molecule has 426 valence electrons. The molecule has 19 nitrogen and oxygen atoms in total. The molecule has 1 saturated heterocycles. The molecular formula is C57H74ClN9O10S2. The number of carbonyl (C=O) groups is 3. The van der Waals surface area contributed by atoms with Crippen molar-refractivity contribution in [3.63, 3.8) is 0 Å². The largest absolute Gasteiger partial charge is 0.491 e. The number of thiazole rings is 1. The molecule has 79 heavy (non-hydrogen) atoms. The average molecular weight is 1140 g/mol. The molecule has 2 aromatic heterocycles. The Bertz CT molecular complexity index is 3000. The minimum absolute atomic E-state index is 0.0353. The number of hydrogen-bond acceptors (Lipinski definition) is 16. The number of likely N-dealkylation sites (N-methyl/N-ethyl adjacent to an activating group) is 1. The summed E-state index contributed by atoms with van der Waals surface area (Å²) in [7, 11) is 0.323. The quantitative estimate of drug-likeness (QED) is 0.0352. The van der Waals surface area contributed by atoms with Gasteiger partial charge < -0.3 is 44.5 Å². The van der Waals surface area contributed by atoms with Gasteiger partial charge in [0.25, 0.3) is 0 Å². The van der Waals surface area contributed by atoms with Gasteiger partial charge in [0.05, 0.1) is 57.4 Å². The van der Waals surface area contributed by atoms with Gasteiger partial charge in [0, 0.05) is 50.9 Å².